The maximum Gasteiger partial charge on any atom is 0.264 e. The van der Waals surface area contributed by atoms with Gasteiger partial charge in [-0.15, -0.1) is 0 Å². The van der Waals surface area contributed by atoms with Gasteiger partial charge in [0.2, 0.25) is 0 Å². The second kappa shape index (κ2) is 5.14. The first-order valence-electron chi connectivity index (χ1n) is 8.00. The van der Waals surface area contributed by atoms with Crippen molar-refractivity contribution < 1.29 is 19.4 Å². The monoisotopic (exact) mass is 317 g/mol. The van der Waals surface area contributed by atoms with Gasteiger partial charge in [-0.05, 0) is 33.8 Å². The fourth-order valence-corrected chi connectivity index (χ4v) is 3.61. The molecule has 1 N–H and O–H groups in total. The second-order valence-electron chi connectivity index (χ2n) is 7.32. The molecule has 0 radical (unpaired) electrons. The molecule has 0 aromatic heterocycles. The number of rotatable bonds is 2. The molecule has 0 spiro atoms. The normalized spacial score (nSPS) is 30.0. The Labute approximate surface area is 136 Å². The highest BCUT2D eigenvalue weighted by Crippen LogP contribution is 2.47. The van der Waals surface area contributed by atoms with Gasteiger partial charge in [0.25, 0.3) is 5.91 Å². The number of Topliss-reactive ketones (excluding diaryl/α,β-unsaturated/α-hetero) is 1. The van der Waals surface area contributed by atoms with Crippen LogP contribution < -0.4 is 4.90 Å². The Morgan fingerprint density at radius 3 is 2.52 bits per heavy atom. The molecule has 1 aromatic carbocycles. The van der Waals surface area contributed by atoms with Crippen LogP contribution in [0.5, 0.6) is 0 Å². The van der Waals surface area contributed by atoms with Gasteiger partial charge in [-0.2, -0.15) is 0 Å². The lowest BCUT2D eigenvalue weighted by Crippen LogP contribution is -2.55. The molecule has 2 heterocycles. The van der Waals surface area contributed by atoms with Gasteiger partial charge in [-0.3, -0.25) is 9.59 Å². The van der Waals surface area contributed by atoms with Crippen molar-refractivity contribution in [2.24, 2.45) is 5.92 Å². The van der Waals surface area contributed by atoms with E-state index in [0.717, 1.165) is 0 Å². The van der Waals surface area contributed by atoms with Gasteiger partial charge in [0.15, 0.2) is 5.60 Å². The molecule has 0 unspecified atom stereocenters. The van der Waals surface area contributed by atoms with Gasteiger partial charge in [0, 0.05) is 18.0 Å². The van der Waals surface area contributed by atoms with Gasteiger partial charge in [-0.1, -0.05) is 18.2 Å². The maximum absolute atomic E-state index is 13.0. The first-order valence-corrected chi connectivity index (χ1v) is 8.00. The number of para-hydroxylation sites is 1. The predicted molar refractivity (Wildman–Crippen MR) is 86.1 cm³/mol. The minimum absolute atomic E-state index is 0.0499. The summed E-state index contributed by atoms with van der Waals surface area (Å²) < 4.78 is 5.73. The zero-order chi connectivity index (χ0) is 17.0. The van der Waals surface area contributed by atoms with E-state index in [1.807, 2.05) is 39.8 Å². The van der Waals surface area contributed by atoms with Gasteiger partial charge >= 0.3 is 0 Å². The highest BCUT2D eigenvalue weighted by Gasteiger charge is 2.58. The largest absolute Gasteiger partial charge is 0.375 e. The fraction of sp³-hybridized carbons (Fsp3) is 0.556. The summed E-state index contributed by atoms with van der Waals surface area (Å²) in [4.78, 5) is 27.2. The Balaban J connectivity index is 2.08. The zero-order valence-corrected chi connectivity index (χ0v) is 14.0. The Bertz CT molecular complexity index is 667. The van der Waals surface area contributed by atoms with Crippen LogP contribution in [0.4, 0.5) is 5.69 Å². The van der Waals surface area contributed by atoms with E-state index in [1.165, 1.54) is 0 Å². The third kappa shape index (κ3) is 2.30. The SMILES string of the molecule is CC(C)N1C(=O)[C@](O)([C@H]2COC(C)(C)CC2=O)c2ccccc21. The first kappa shape index (κ1) is 16.1. The van der Waals surface area contributed by atoms with E-state index in [4.69, 9.17) is 4.74 Å². The van der Waals surface area contributed by atoms with Crippen LogP contribution >= 0.6 is 0 Å². The molecule has 0 aliphatic carbocycles. The van der Waals surface area contributed by atoms with E-state index < -0.39 is 23.0 Å². The van der Waals surface area contributed by atoms with Crippen LogP contribution in [-0.4, -0.2) is 35.0 Å². The Morgan fingerprint density at radius 2 is 1.91 bits per heavy atom. The molecule has 1 saturated heterocycles. The first-order chi connectivity index (χ1) is 10.7. The Hall–Kier alpha value is -1.72. The molecule has 5 heteroatoms. The molecular weight excluding hydrogens is 294 g/mol. The number of anilines is 1. The molecule has 0 saturated carbocycles. The summed E-state index contributed by atoms with van der Waals surface area (Å²) in [6, 6.07) is 7.04. The van der Waals surface area contributed by atoms with Crippen LogP contribution in [-0.2, 0) is 19.9 Å². The summed E-state index contributed by atoms with van der Waals surface area (Å²) >= 11 is 0. The van der Waals surface area contributed by atoms with Crippen molar-refractivity contribution in [2.45, 2.75) is 51.4 Å². The van der Waals surface area contributed by atoms with E-state index >= 15 is 0 Å². The summed E-state index contributed by atoms with van der Waals surface area (Å²) in [5.74, 6) is -1.43. The minimum atomic E-state index is -1.84. The zero-order valence-electron chi connectivity index (χ0n) is 14.0. The average molecular weight is 317 g/mol. The lowest BCUT2D eigenvalue weighted by molar-refractivity contribution is -0.172. The van der Waals surface area contributed by atoms with Gasteiger partial charge in [-0.25, -0.2) is 0 Å². The molecule has 1 amide bonds. The van der Waals surface area contributed by atoms with Gasteiger partial charge in [0.1, 0.15) is 5.78 Å². The molecule has 1 fully saturated rings. The molecule has 2 atom stereocenters. The fourth-order valence-electron chi connectivity index (χ4n) is 3.61. The van der Waals surface area contributed by atoms with Crippen molar-refractivity contribution in [3.8, 4) is 0 Å². The summed E-state index contributed by atoms with van der Waals surface area (Å²) in [6.45, 7) is 7.52. The second-order valence-corrected chi connectivity index (χ2v) is 7.32. The molecule has 23 heavy (non-hydrogen) atoms. The van der Waals surface area contributed by atoms with Crippen LogP contribution in [0, 0.1) is 5.92 Å². The molecule has 124 valence electrons. The van der Waals surface area contributed by atoms with Crippen molar-refractivity contribution in [3.63, 3.8) is 0 Å². The van der Waals surface area contributed by atoms with Crippen molar-refractivity contribution in [1.29, 1.82) is 0 Å². The van der Waals surface area contributed by atoms with Crippen molar-refractivity contribution in [2.75, 3.05) is 11.5 Å². The van der Waals surface area contributed by atoms with E-state index in [1.54, 1.807) is 17.0 Å². The van der Waals surface area contributed by atoms with Crippen molar-refractivity contribution in [1.82, 2.24) is 0 Å². The van der Waals surface area contributed by atoms with Crippen LogP contribution in [0.2, 0.25) is 0 Å². The number of fused-ring (bicyclic) bond motifs is 1. The van der Waals surface area contributed by atoms with Crippen LogP contribution in [0.1, 0.15) is 39.7 Å². The maximum atomic E-state index is 13.0. The predicted octanol–water partition coefficient (Wildman–Crippen LogP) is 2.01. The highest BCUT2D eigenvalue weighted by atomic mass is 16.5. The number of carbonyl (C=O) groups excluding carboxylic acids is 2. The molecular formula is C18H23NO4. The molecule has 3 rings (SSSR count). The number of ether oxygens (including phenoxy) is 1. The van der Waals surface area contributed by atoms with E-state index in [-0.39, 0.29) is 24.9 Å². The van der Waals surface area contributed by atoms with Crippen molar-refractivity contribution in [3.05, 3.63) is 29.8 Å². The highest BCUT2D eigenvalue weighted by molar-refractivity contribution is 6.10. The smallest absolute Gasteiger partial charge is 0.264 e. The van der Waals surface area contributed by atoms with E-state index in [0.29, 0.717) is 11.3 Å². The number of aliphatic hydroxyl groups is 1. The Morgan fingerprint density at radius 1 is 1.26 bits per heavy atom. The van der Waals surface area contributed by atoms with Crippen LogP contribution in [0.3, 0.4) is 0 Å². The third-order valence-electron chi connectivity index (χ3n) is 4.77. The standard InChI is InChI=1S/C18H23NO4/c1-11(2)19-14-8-6-5-7-12(14)18(22,16(19)21)13-10-23-17(3,4)9-15(13)20/h5-8,11,13,22H,9-10H2,1-4H3/t13-,18+/m0/s1. The molecule has 5 nitrogen and oxygen atoms in total. The summed E-state index contributed by atoms with van der Waals surface area (Å²) in [5, 5.41) is 11.3. The number of carbonyl (C=O) groups is 2. The summed E-state index contributed by atoms with van der Waals surface area (Å²) in [6.07, 6.45) is 0.192. The topological polar surface area (TPSA) is 66.8 Å². The number of nitrogens with zero attached hydrogens (tertiary/aromatic N) is 1. The van der Waals surface area contributed by atoms with Crippen molar-refractivity contribution >= 4 is 17.4 Å². The summed E-state index contributed by atoms with van der Waals surface area (Å²) in [7, 11) is 0. The number of benzene rings is 1. The molecule has 2 aliphatic heterocycles. The summed E-state index contributed by atoms with van der Waals surface area (Å²) in [5.41, 5.74) is -1.22. The molecule has 2 aliphatic rings. The molecule has 0 bridgehead atoms. The van der Waals surface area contributed by atoms with Crippen LogP contribution in [0.25, 0.3) is 0 Å². The molecule has 1 aromatic rings. The number of amides is 1. The van der Waals surface area contributed by atoms with E-state index in [2.05, 4.69) is 0 Å². The van der Waals surface area contributed by atoms with E-state index in [9.17, 15) is 14.7 Å². The lowest BCUT2D eigenvalue weighted by Gasteiger charge is -2.39. The van der Waals surface area contributed by atoms with Crippen LogP contribution in [0.15, 0.2) is 24.3 Å². The quantitative estimate of drug-likeness (QED) is 0.906. The number of hydrogen-bond donors (Lipinski definition) is 1. The number of hydrogen-bond acceptors (Lipinski definition) is 4. The minimum Gasteiger partial charge on any atom is -0.375 e. The third-order valence-corrected chi connectivity index (χ3v) is 4.77. The Kier molecular flexibility index (Phi) is 3.61. The van der Waals surface area contributed by atoms with Gasteiger partial charge in [0.05, 0.1) is 23.8 Å². The van der Waals surface area contributed by atoms with Gasteiger partial charge < -0.3 is 14.7 Å². The number of ketones is 1. The lowest BCUT2D eigenvalue weighted by atomic mass is 9.76. The average Bonchev–Trinajstić information content (AvgIpc) is 2.67.